The van der Waals surface area contributed by atoms with E-state index in [9.17, 15) is 15.0 Å². The van der Waals surface area contributed by atoms with Crippen molar-refractivity contribution in [3.63, 3.8) is 0 Å². The van der Waals surface area contributed by atoms with Crippen LogP contribution < -0.4 is 5.11 Å². The van der Waals surface area contributed by atoms with Gasteiger partial charge >= 0.3 is 0 Å². The van der Waals surface area contributed by atoms with Crippen molar-refractivity contribution in [2.24, 2.45) is 5.92 Å². The Hall–Kier alpha value is -1.13. The molecule has 2 unspecified atom stereocenters. The van der Waals surface area contributed by atoms with Crippen LogP contribution in [-0.2, 0) is 4.79 Å². The molecule has 0 aromatic rings. The number of nitrogens with zero attached hydrogens (tertiary/aromatic N) is 1. The summed E-state index contributed by atoms with van der Waals surface area (Å²) in [5, 5.41) is 21.3. The van der Waals surface area contributed by atoms with E-state index in [1.807, 2.05) is 27.2 Å². The lowest BCUT2D eigenvalue weighted by molar-refractivity contribution is -0.873. The van der Waals surface area contributed by atoms with Gasteiger partial charge in [-0.1, -0.05) is 76.2 Å². The molecule has 0 saturated carbocycles. The molecule has 0 amide bonds. The zero-order valence-corrected chi connectivity index (χ0v) is 16.7. The van der Waals surface area contributed by atoms with Gasteiger partial charge in [0.15, 0.2) is 0 Å². The maximum Gasteiger partial charge on any atom is 0.114 e. The molecule has 0 aromatic carbocycles. The van der Waals surface area contributed by atoms with Gasteiger partial charge in [-0.2, -0.15) is 0 Å². The summed E-state index contributed by atoms with van der Waals surface area (Å²) < 4.78 is 0.507. The van der Waals surface area contributed by atoms with Gasteiger partial charge in [0.2, 0.25) is 0 Å². The first-order chi connectivity index (χ1) is 11.8. The Morgan fingerprint density at radius 3 is 2.08 bits per heavy atom. The molecule has 0 bridgehead atoms. The predicted octanol–water partition coefficient (Wildman–Crippen LogP) is 3.06. The van der Waals surface area contributed by atoms with Crippen molar-refractivity contribution in [3.05, 3.63) is 24.3 Å². The monoisotopic (exact) mass is 353 g/mol. The largest absolute Gasteiger partial charge is 0.549 e. The van der Waals surface area contributed by atoms with E-state index >= 15 is 0 Å². The molecule has 0 aliphatic carbocycles. The second-order valence-corrected chi connectivity index (χ2v) is 7.96. The second kappa shape index (κ2) is 14.1. The minimum Gasteiger partial charge on any atom is -0.549 e. The molecule has 1 N–H and O–H groups in total. The van der Waals surface area contributed by atoms with Gasteiger partial charge in [-0.05, 0) is 12.8 Å². The van der Waals surface area contributed by atoms with Gasteiger partial charge in [-0.25, -0.2) is 0 Å². The number of quaternary nitrogens is 1. The number of likely N-dealkylation sites (N-methyl/N-ethyl adjacent to an activating group) is 1. The van der Waals surface area contributed by atoms with Crippen molar-refractivity contribution < 1.29 is 19.5 Å². The number of carbonyl (C=O) groups excluding carboxylic acids is 1. The van der Waals surface area contributed by atoms with E-state index in [1.54, 1.807) is 6.08 Å². The minimum absolute atomic E-state index is 0.366. The topological polar surface area (TPSA) is 60.4 Å². The number of allylic oxidation sites excluding steroid dienone is 3. The maximum atomic E-state index is 11.2. The summed E-state index contributed by atoms with van der Waals surface area (Å²) in [6.45, 7) is 2.60. The first-order valence-corrected chi connectivity index (χ1v) is 9.80. The van der Waals surface area contributed by atoms with Crippen LogP contribution in [0.4, 0.5) is 0 Å². The number of unbranched alkanes of at least 4 members (excludes halogenated alkanes) is 8. The Morgan fingerprint density at radius 1 is 1.00 bits per heavy atom. The van der Waals surface area contributed by atoms with Gasteiger partial charge < -0.3 is 19.5 Å². The highest BCUT2D eigenvalue weighted by Gasteiger charge is 2.23. The third kappa shape index (κ3) is 14.9. The summed E-state index contributed by atoms with van der Waals surface area (Å²) in [5.74, 6) is -2.20. The van der Waals surface area contributed by atoms with Crippen LogP contribution in [-0.4, -0.2) is 49.4 Å². The molecular weight excluding hydrogens is 314 g/mol. The summed E-state index contributed by atoms with van der Waals surface area (Å²) >= 11 is 0. The number of carbonyl (C=O) groups is 1. The summed E-state index contributed by atoms with van der Waals surface area (Å²) in [5.41, 5.74) is 0. The molecule has 0 aliphatic rings. The summed E-state index contributed by atoms with van der Waals surface area (Å²) in [6.07, 6.45) is 17.7. The highest BCUT2D eigenvalue weighted by molar-refractivity contribution is 5.70. The zero-order chi connectivity index (χ0) is 19.1. The molecule has 146 valence electrons. The molecule has 0 fully saturated rings. The quantitative estimate of drug-likeness (QED) is 0.280. The molecule has 0 radical (unpaired) electrons. The smallest absolute Gasteiger partial charge is 0.114 e. The number of aliphatic hydroxyl groups is 1. The first kappa shape index (κ1) is 23.9. The molecular formula is C21H39NO3. The molecule has 25 heavy (non-hydrogen) atoms. The Kier molecular flexibility index (Phi) is 13.4. The second-order valence-electron chi connectivity index (χ2n) is 7.96. The van der Waals surface area contributed by atoms with Crippen LogP contribution in [0.15, 0.2) is 24.3 Å². The maximum absolute atomic E-state index is 11.2. The fourth-order valence-electron chi connectivity index (χ4n) is 2.79. The van der Waals surface area contributed by atoms with Crippen molar-refractivity contribution in [3.8, 4) is 0 Å². The SMILES string of the molecule is CCCCCCCCCCC=CC=CC(C(=O)[O-])C(O)C[N+](C)(C)C. The molecule has 0 rings (SSSR count). The van der Waals surface area contributed by atoms with Crippen LogP contribution in [0.3, 0.4) is 0 Å². The third-order valence-electron chi connectivity index (χ3n) is 4.21. The molecule has 0 aromatic heterocycles. The van der Waals surface area contributed by atoms with Crippen molar-refractivity contribution in [2.45, 2.75) is 70.8 Å². The average Bonchev–Trinajstić information content (AvgIpc) is 2.49. The van der Waals surface area contributed by atoms with E-state index in [4.69, 9.17) is 0 Å². The minimum atomic E-state index is -1.23. The standard InChI is InChI=1S/C21H39NO3/c1-5-6-7-8-9-10-11-12-13-14-15-16-17-19(21(24)25)20(23)18-22(2,3)4/h14-17,19-20,23H,5-13,18H2,1-4H3. The van der Waals surface area contributed by atoms with Crippen LogP contribution in [0.1, 0.15) is 64.7 Å². The Bertz CT molecular complexity index is 396. The van der Waals surface area contributed by atoms with Gasteiger partial charge in [0.05, 0.1) is 27.1 Å². The number of hydrogen-bond donors (Lipinski definition) is 1. The lowest BCUT2D eigenvalue weighted by atomic mass is 10.0. The number of hydrogen-bond acceptors (Lipinski definition) is 3. The van der Waals surface area contributed by atoms with Gasteiger partial charge in [-0.15, -0.1) is 0 Å². The predicted molar refractivity (Wildman–Crippen MR) is 103 cm³/mol. The summed E-state index contributed by atoms with van der Waals surface area (Å²) in [4.78, 5) is 11.2. The summed E-state index contributed by atoms with van der Waals surface area (Å²) in [7, 11) is 5.76. The van der Waals surface area contributed by atoms with E-state index in [0.29, 0.717) is 11.0 Å². The first-order valence-electron chi connectivity index (χ1n) is 9.80. The highest BCUT2D eigenvalue weighted by Crippen LogP contribution is 2.11. The molecule has 0 heterocycles. The Balaban J connectivity index is 3.97. The number of aliphatic carboxylic acids is 1. The zero-order valence-electron chi connectivity index (χ0n) is 16.7. The molecule has 0 saturated heterocycles. The lowest BCUT2D eigenvalue weighted by Gasteiger charge is -2.30. The van der Waals surface area contributed by atoms with Gasteiger partial charge in [0.25, 0.3) is 0 Å². The van der Waals surface area contributed by atoms with E-state index in [1.165, 1.54) is 57.4 Å². The van der Waals surface area contributed by atoms with Crippen LogP contribution in [0.25, 0.3) is 0 Å². The fourth-order valence-corrected chi connectivity index (χ4v) is 2.79. The number of carboxylic acids is 1. The van der Waals surface area contributed by atoms with Crippen LogP contribution in [0, 0.1) is 5.92 Å². The van der Waals surface area contributed by atoms with Crippen LogP contribution >= 0.6 is 0 Å². The number of aliphatic hydroxyl groups excluding tert-OH is 1. The third-order valence-corrected chi connectivity index (χ3v) is 4.21. The fraction of sp³-hybridized carbons (Fsp3) is 0.762. The van der Waals surface area contributed by atoms with Crippen molar-refractivity contribution in [1.29, 1.82) is 0 Å². The van der Waals surface area contributed by atoms with Crippen LogP contribution in [0.5, 0.6) is 0 Å². The van der Waals surface area contributed by atoms with E-state index in [-0.39, 0.29) is 0 Å². The lowest BCUT2D eigenvalue weighted by Crippen LogP contribution is -2.47. The number of carboxylic acid groups (broad SMARTS) is 1. The Labute approximate surface area is 154 Å². The highest BCUT2D eigenvalue weighted by atomic mass is 16.4. The average molecular weight is 354 g/mol. The normalized spacial score (nSPS) is 15.1. The molecule has 0 aliphatic heterocycles. The van der Waals surface area contributed by atoms with Crippen LogP contribution in [0.2, 0.25) is 0 Å². The molecule has 4 heteroatoms. The van der Waals surface area contributed by atoms with Gasteiger partial charge in [-0.3, -0.25) is 0 Å². The molecule has 2 atom stereocenters. The van der Waals surface area contributed by atoms with Crippen molar-refractivity contribution >= 4 is 5.97 Å². The van der Waals surface area contributed by atoms with E-state index in [0.717, 1.165) is 6.42 Å². The van der Waals surface area contributed by atoms with Crippen molar-refractivity contribution in [1.82, 2.24) is 0 Å². The van der Waals surface area contributed by atoms with E-state index in [2.05, 4.69) is 13.0 Å². The van der Waals surface area contributed by atoms with Crippen molar-refractivity contribution in [2.75, 3.05) is 27.7 Å². The number of rotatable bonds is 15. The molecule has 0 spiro atoms. The Morgan fingerprint density at radius 2 is 1.56 bits per heavy atom. The molecule has 4 nitrogen and oxygen atoms in total. The van der Waals surface area contributed by atoms with Gasteiger partial charge in [0.1, 0.15) is 12.6 Å². The van der Waals surface area contributed by atoms with E-state index < -0.39 is 18.0 Å². The summed E-state index contributed by atoms with van der Waals surface area (Å²) in [6, 6.07) is 0. The van der Waals surface area contributed by atoms with Gasteiger partial charge in [0, 0.05) is 5.92 Å².